The fraction of sp³-hybridized carbons (Fsp3) is 0.562. The maximum atomic E-state index is 11.5. The molecule has 0 unspecified atom stereocenters. The fourth-order valence-corrected chi connectivity index (χ4v) is 3.90. The van der Waals surface area contributed by atoms with Crippen molar-refractivity contribution in [2.75, 3.05) is 0 Å². The molecule has 102 valence electrons. The highest BCUT2D eigenvalue weighted by Crippen LogP contribution is 2.43. The van der Waals surface area contributed by atoms with Crippen molar-refractivity contribution in [3.63, 3.8) is 0 Å². The molecule has 2 saturated carbocycles. The van der Waals surface area contributed by atoms with Crippen LogP contribution in [0, 0.1) is 11.8 Å². The second-order valence-electron chi connectivity index (χ2n) is 5.93. The summed E-state index contributed by atoms with van der Waals surface area (Å²) >= 11 is 6.27. The molecule has 2 fully saturated rings. The van der Waals surface area contributed by atoms with Crippen molar-refractivity contribution in [1.29, 1.82) is 0 Å². The van der Waals surface area contributed by atoms with Gasteiger partial charge in [-0.15, -0.1) is 0 Å². The Hall–Kier alpha value is -1.02. The second kappa shape index (κ2) is 5.16. The predicted molar refractivity (Wildman–Crippen MR) is 75.9 cm³/mol. The Balaban J connectivity index is 1.76. The lowest BCUT2D eigenvalue weighted by molar-refractivity contribution is 0.101. The minimum Gasteiger partial charge on any atom is -0.489 e. The molecule has 3 atom stereocenters. The van der Waals surface area contributed by atoms with E-state index in [-0.39, 0.29) is 11.9 Å². The van der Waals surface area contributed by atoms with Crippen LogP contribution in [-0.4, -0.2) is 11.9 Å². The van der Waals surface area contributed by atoms with Crippen molar-refractivity contribution in [2.45, 2.75) is 45.1 Å². The van der Waals surface area contributed by atoms with Crippen molar-refractivity contribution in [3.8, 4) is 5.75 Å². The lowest BCUT2D eigenvalue weighted by Gasteiger charge is -2.28. The molecule has 2 bridgehead atoms. The van der Waals surface area contributed by atoms with Crippen LogP contribution in [0.2, 0.25) is 5.02 Å². The molecule has 0 radical (unpaired) electrons. The molecule has 19 heavy (non-hydrogen) atoms. The molecule has 0 spiro atoms. The van der Waals surface area contributed by atoms with Gasteiger partial charge in [-0.2, -0.15) is 0 Å². The average molecular weight is 279 g/mol. The Bertz CT molecular complexity index is 486. The molecule has 3 rings (SSSR count). The Morgan fingerprint density at radius 2 is 1.89 bits per heavy atom. The summed E-state index contributed by atoms with van der Waals surface area (Å²) in [6.45, 7) is 1.53. The predicted octanol–water partition coefficient (Wildman–Crippen LogP) is 4.50. The van der Waals surface area contributed by atoms with Gasteiger partial charge in [0, 0.05) is 5.56 Å². The van der Waals surface area contributed by atoms with Crippen LogP contribution in [0.1, 0.15) is 49.4 Å². The zero-order valence-electron chi connectivity index (χ0n) is 11.2. The first-order valence-corrected chi connectivity index (χ1v) is 7.47. The van der Waals surface area contributed by atoms with E-state index in [1.165, 1.54) is 26.2 Å². The lowest BCUT2D eigenvalue weighted by atomic mass is 9.87. The van der Waals surface area contributed by atoms with Crippen LogP contribution < -0.4 is 4.74 Å². The van der Waals surface area contributed by atoms with E-state index in [1.54, 1.807) is 6.07 Å². The number of carbonyl (C=O) groups is 1. The largest absolute Gasteiger partial charge is 0.489 e. The third-order valence-electron chi connectivity index (χ3n) is 4.48. The zero-order valence-corrected chi connectivity index (χ0v) is 12.0. The molecular weight excluding hydrogens is 260 g/mol. The molecule has 0 aromatic heterocycles. The van der Waals surface area contributed by atoms with Gasteiger partial charge in [0.15, 0.2) is 5.78 Å². The van der Waals surface area contributed by atoms with Crippen LogP contribution in [0.5, 0.6) is 5.75 Å². The number of hydrogen-bond acceptors (Lipinski definition) is 2. The van der Waals surface area contributed by atoms with Gasteiger partial charge in [0.25, 0.3) is 0 Å². The number of ketones is 1. The molecule has 0 aliphatic heterocycles. The summed E-state index contributed by atoms with van der Waals surface area (Å²) < 4.78 is 6.07. The van der Waals surface area contributed by atoms with Gasteiger partial charge in [-0.3, -0.25) is 4.79 Å². The summed E-state index contributed by atoms with van der Waals surface area (Å²) in [5.41, 5.74) is 0.554. The van der Waals surface area contributed by atoms with Crippen LogP contribution in [0.3, 0.4) is 0 Å². The first-order chi connectivity index (χ1) is 9.13. The van der Waals surface area contributed by atoms with Gasteiger partial charge in [-0.25, -0.2) is 0 Å². The number of Topliss-reactive ketones (excluding diaryl/α,β-unsaturated/α-hetero) is 1. The minimum absolute atomic E-state index is 0.0147. The van der Waals surface area contributed by atoms with Crippen molar-refractivity contribution in [1.82, 2.24) is 0 Å². The van der Waals surface area contributed by atoms with E-state index in [1.807, 2.05) is 12.1 Å². The van der Waals surface area contributed by atoms with Crippen molar-refractivity contribution in [3.05, 3.63) is 28.8 Å². The highest BCUT2D eigenvalue weighted by molar-refractivity contribution is 6.35. The van der Waals surface area contributed by atoms with Crippen LogP contribution in [-0.2, 0) is 0 Å². The van der Waals surface area contributed by atoms with E-state index in [9.17, 15) is 4.79 Å². The number of fused-ring (bicyclic) bond motifs is 2. The molecule has 0 saturated heterocycles. The van der Waals surface area contributed by atoms with Crippen molar-refractivity contribution < 1.29 is 9.53 Å². The Kier molecular flexibility index (Phi) is 3.53. The van der Waals surface area contributed by atoms with Gasteiger partial charge in [0.05, 0.1) is 11.1 Å². The summed E-state index contributed by atoms with van der Waals surface area (Å²) in [5, 5.41) is 0.466. The molecule has 1 aromatic carbocycles. The standard InChI is InChI=1S/C16H19ClO2/c1-10(18)14-3-2-4-15(16(14)17)19-13-8-11-5-6-12(7-11)9-13/h2-4,11-13H,5-9H2,1H3/t11-,12+,13-. The Morgan fingerprint density at radius 3 is 2.53 bits per heavy atom. The van der Waals surface area contributed by atoms with Gasteiger partial charge >= 0.3 is 0 Å². The number of ether oxygens (including phenoxy) is 1. The molecule has 0 heterocycles. The van der Waals surface area contributed by atoms with E-state index in [4.69, 9.17) is 16.3 Å². The normalized spacial score (nSPS) is 29.3. The molecule has 0 amide bonds. The fourth-order valence-electron chi connectivity index (χ4n) is 3.60. The molecule has 0 N–H and O–H groups in total. The second-order valence-corrected chi connectivity index (χ2v) is 6.31. The Morgan fingerprint density at radius 1 is 1.21 bits per heavy atom. The Labute approximate surface area is 119 Å². The summed E-state index contributed by atoms with van der Waals surface area (Å²) in [4.78, 5) is 11.5. The first-order valence-electron chi connectivity index (χ1n) is 7.09. The number of rotatable bonds is 3. The molecule has 2 aliphatic rings. The van der Waals surface area contributed by atoms with Gasteiger partial charge in [0.1, 0.15) is 5.75 Å². The van der Waals surface area contributed by atoms with Gasteiger partial charge in [-0.05, 0) is 50.2 Å². The van der Waals surface area contributed by atoms with Crippen LogP contribution in [0.4, 0.5) is 0 Å². The van der Waals surface area contributed by atoms with Crippen molar-refractivity contribution in [2.24, 2.45) is 11.8 Å². The minimum atomic E-state index is -0.0147. The maximum absolute atomic E-state index is 11.5. The highest BCUT2D eigenvalue weighted by atomic mass is 35.5. The van der Waals surface area contributed by atoms with Crippen LogP contribution in [0.15, 0.2) is 18.2 Å². The number of halogens is 1. The smallest absolute Gasteiger partial charge is 0.161 e. The SMILES string of the molecule is CC(=O)c1cccc(O[C@@H]2C[C@@H]3CC[C@@H](C3)C2)c1Cl. The quantitative estimate of drug-likeness (QED) is 0.761. The van der Waals surface area contributed by atoms with Crippen LogP contribution >= 0.6 is 11.6 Å². The monoisotopic (exact) mass is 278 g/mol. The van der Waals surface area contributed by atoms with Crippen LogP contribution in [0.25, 0.3) is 0 Å². The first kappa shape index (κ1) is 13.0. The summed E-state index contributed by atoms with van der Waals surface area (Å²) in [5.74, 6) is 2.32. The number of carbonyl (C=O) groups excluding carboxylic acids is 1. The third-order valence-corrected chi connectivity index (χ3v) is 4.87. The maximum Gasteiger partial charge on any atom is 0.161 e. The third kappa shape index (κ3) is 2.64. The highest BCUT2D eigenvalue weighted by Gasteiger charge is 2.35. The molecule has 2 nitrogen and oxygen atoms in total. The summed E-state index contributed by atoms with van der Waals surface area (Å²) in [7, 11) is 0. The zero-order chi connectivity index (χ0) is 13.4. The molecule has 1 aromatic rings. The molecule has 3 heteroatoms. The van der Waals surface area contributed by atoms with E-state index >= 15 is 0 Å². The molecular formula is C16H19ClO2. The molecule has 2 aliphatic carbocycles. The average Bonchev–Trinajstić information content (AvgIpc) is 2.71. The van der Waals surface area contributed by atoms with E-state index in [0.29, 0.717) is 16.3 Å². The topological polar surface area (TPSA) is 26.3 Å². The number of benzene rings is 1. The van der Waals surface area contributed by atoms with E-state index in [2.05, 4.69) is 0 Å². The van der Waals surface area contributed by atoms with E-state index in [0.717, 1.165) is 24.7 Å². The van der Waals surface area contributed by atoms with Gasteiger partial charge in [0.2, 0.25) is 0 Å². The van der Waals surface area contributed by atoms with Gasteiger partial charge < -0.3 is 4.74 Å². The van der Waals surface area contributed by atoms with Crippen molar-refractivity contribution >= 4 is 17.4 Å². The lowest BCUT2D eigenvalue weighted by Crippen LogP contribution is -2.26. The summed E-state index contributed by atoms with van der Waals surface area (Å²) in [6, 6.07) is 5.46. The summed E-state index contributed by atoms with van der Waals surface area (Å²) in [6.07, 6.45) is 6.62. The number of hydrogen-bond donors (Lipinski definition) is 0. The van der Waals surface area contributed by atoms with E-state index < -0.39 is 0 Å². The van der Waals surface area contributed by atoms with Gasteiger partial charge in [-0.1, -0.05) is 30.5 Å².